The van der Waals surface area contributed by atoms with Crippen LogP contribution in [0.25, 0.3) is 0 Å². The van der Waals surface area contributed by atoms with E-state index in [4.69, 9.17) is 10.5 Å². The van der Waals surface area contributed by atoms with Gasteiger partial charge in [0.2, 0.25) is 0 Å². The lowest BCUT2D eigenvalue weighted by Crippen LogP contribution is -2.43. The van der Waals surface area contributed by atoms with Gasteiger partial charge in [0.25, 0.3) is 5.91 Å². The quantitative estimate of drug-likeness (QED) is 0.747. The Balaban J connectivity index is 1.91. The van der Waals surface area contributed by atoms with Gasteiger partial charge in [0.1, 0.15) is 4.88 Å². The number of nitrogens with two attached hydrogens (primary N) is 1. The molecule has 106 valence electrons. The zero-order valence-corrected chi connectivity index (χ0v) is 12.0. The first-order valence-corrected chi connectivity index (χ1v) is 7.07. The van der Waals surface area contributed by atoms with Crippen molar-refractivity contribution in [3.63, 3.8) is 0 Å². The molecule has 1 aliphatic heterocycles. The summed E-state index contributed by atoms with van der Waals surface area (Å²) >= 11 is 1.36. The lowest BCUT2D eigenvalue weighted by molar-refractivity contribution is -0.0116. The van der Waals surface area contributed by atoms with Gasteiger partial charge in [-0.05, 0) is 13.1 Å². The van der Waals surface area contributed by atoms with E-state index in [1.54, 1.807) is 13.1 Å². The fourth-order valence-corrected chi connectivity index (χ4v) is 2.92. The SMILES string of the molecule is CNC(=O)c1sc(NCC2CN(C)CCO2)cc1N. The molecule has 1 aromatic rings. The van der Waals surface area contributed by atoms with Crippen LogP contribution >= 0.6 is 11.3 Å². The second-order valence-corrected chi connectivity index (χ2v) is 5.66. The number of hydrogen-bond donors (Lipinski definition) is 3. The van der Waals surface area contributed by atoms with Crippen LogP contribution in [0.2, 0.25) is 0 Å². The molecule has 0 aromatic carbocycles. The minimum Gasteiger partial charge on any atom is -0.397 e. The summed E-state index contributed by atoms with van der Waals surface area (Å²) < 4.78 is 5.67. The van der Waals surface area contributed by atoms with Gasteiger partial charge in [0.15, 0.2) is 0 Å². The molecule has 4 N–H and O–H groups in total. The fraction of sp³-hybridized carbons (Fsp3) is 0.583. The first kappa shape index (κ1) is 14.1. The van der Waals surface area contributed by atoms with Crippen LogP contribution in [0, 0.1) is 0 Å². The summed E-state index contributed by atoms with van der Waals surface area (Å²) in [4.78, 5) is 14.3. The summed E-state index contributed by atoms with van der Waals surface area (Å²) in [6.07, 6.45) is 0.172. The van der Waals surface area contributed by atoms with Gasteiger partial charge in [-0.2, -0.15) is 0 Å². The maximum Gasteiger partial charge on any atom is 0.263 e. The maximum atomic E-state index is 11.6. The van der Waals surface area contributed by atoms with Gasteiger partial charge >= 0.3 is 0 Å². The van der Waals surface area contributed by atoms with Gasteiger partial charge in [0.05, 0.1) is 23.4 Å². The molecule has 0 bridgehead atoms. The molecule has 1 amide bonds. The van der Waals surface area contributed by atoms with Gasteiger partial charge in [-0.3, -0.25) is 4.79 Å². The Labute approximate surface area is 116 Å². The highest BCUT2D eigenvalue weighted by Gasteiger charge is 2.18. The van der Waals surface area contributed by atoms with Crippen LogP contribution in [0.3, 0.4) is 0 Å². The van der Waals surface area contributed by atoms with Crippen molar-refractivity contribution in [1.82, 2.24) is 10.2 Å². The van der Waals surface area contributed by atoms with Gasteiger partial charge in [0, 0.05) is 26.7 Å². The molecule has 2 rings (SSSR count). The molecule has 19 heavy (non-hydrogen) atoms. The second kappa shape index (κ2) is 6.23. The Bertz CT molecular complexity index is 449. The van der Waals surface area contributed by atoms with Crippen molar-refractivity contribution < 1.29 is 9.53 Å². The summed E-state index contributed by atoms with van der Waals surface area (Å²) in [5.41, 5.74) is 6.33. The summed E-state index contributed by atoms with van der Waals surface area (Å²) in [7, 11) is 3.68. The van der Waals surface area contributed by atoms with Crippen LogP contribution < -0.4 is 16.4 Å². The topological polar surface area (TPSA) is 79.6 Å². The Morgan fingerprint density at radius 2 is 2.47 bits per heavy atom. The average Bonchev–Trinajstić information content (AvgIpc) is 2.77. The van der Waals surface area contributed by atoms with E-state index in [0.717, 1.165) is 31.2 Å². The van der Waals surface area contributed by atoms with Crippen LogP contribution in [-0.4, -0.2) is 57.2 Å². The predicted octanol–water partition coefficient (Wildman–Crippen LogP) is 0.432. The van der Waals surface area contributed by atoms with Crippen molar-refractivity contribution in [2.75, 3.05) is 51.4 Å². The number of likely N-dealkylation sites (N-methyl/N-ethyl adjacent to an activating group) is 1. The van der Waals surface area contributed by atoms with Gasteiger partial charge < -0.3 is 26.0 Å². The van der Waals surface area contributed by atoms with Gasteiger partial charge in [-0.15, -0.1) is 11.3 Å². The Hall–Kier alpha value is -1.31. The Morgan fingerprint density at radius 1 is 1.68 bits per heavy atom. The van der Waals surface area contributed by atoms with Crippen molar-refractivity contribution in [3.05, 3.63) is 10.9 Å². The number of rotatable bonds is 4. The Morgan fingerprint density at radius 3 is 3.16 bits per heavy atom. The molecule has 7 heteroatoms. The Kier molecular flexibility index (Phi) is 4.62. The van der Waals surface area contributed by atoms with Crippen molar-refractivity contribution >= 4 is 27.9 Å². The summed E-state index contributed by atoms with van der Waals surface area (Å²) in [5.74, 6) is -0.149. The third-order valence-electron chi connectivity index (χ3n) is 3.04. The normalized spacial score (nSPS) is 20.2. The van der Waals surface area contributed by atoms with E-state index in [1.165, 1.54) is 11.3 Å². The van der Waals surface area contributed by atoms with Crippen molar-refractivity contribution in [1.29, 1.82) is 0 Å². The van der Waals surface area contributed by atoms with Crippen LogP contribution in [0.15, 0.2) is 6.07 Å². The van der Waals surface area contributed by atoms with Crippen LogP contribution in [0.5, 0.6) is 0 Å². The minimum atomic E-state index is -0.149. The number of nitrogens with zero attached hydrogens (tertiary/aromatic N) is 1. The summed E-state index contributed by atoms with van der Waals surface area (Å²) in [6, 6.07) is 1.79. The predicted molar refractivity (Wildman–Crippen MR) is 77.8 cm³/mol. The first-order chi connectivity index (χ1) is 9.10. The smallest absolute Gasteiger partial charge is 0.263 e. The van der Waals surface area contributed by atoms with Gasteiger partial charge in [-0.1, -0.05) is 0 Å². The highest BCUT2D eigenvalue weighted by Crippen LogP contribution is 2.29. The highest BCUT2D eigenvalue weighted by atomic mass is 32.1. The molecule has 1 atom stereocenters. The van der Waals surface area contributed by atoms with E-state index in [-0.39, 0.29) is 12.0 Å². The lowest BCUT2D eigenvalue weighted by Gasteiger charge is -2.30. The first-order valence-electron chi connectivity index (χ1n) is 6.25. The van der Waals surface area contributed by atoms with Gasteiger partial charge in [-0.25, -0.2) is 0 Å². The van der Waals surface area contributed by atoms with Crippen LogP contribution in [0.4, 0.5) is 10.7 Å². The van der Waals surface area contributed by atoms with E-state index in [1.807, 2.05) is 0 Å². The minimum absolute atomic E-state index is 0.149. The standard InChI is InChI=1S/C12H20N4O2S/c1-14-12(17)11-9(13)5-10(19-11)15-6-8-7-16(2)3-4-18-8/h5,8,15H,3-4,6-7,13H2,1-2H3,(H,14,17). The van der Waals surface area contributed by atoms with Crippen LogP contribution in [-0.2, 0) is 4.74 Å². The number of carbonyl (C=O) groups excluding carboxylic acids is 1. The van der Waals surface area contributed by atoms with Crippen molar-refractivity contribution in [2.45, 2.75) is 6.10 Å². The number of nitrogen functional groups attached to an aromatic ring is 1. The van der Waals surface area contributed by atoms with E-state index < -0.39 is 0 Å². The lowest BCUT2D eigenvalue weighted by atomic mass is 10.3. The third kappa shape index (κ3) is 3.59. The van der Waals surface area contributed by atoms with E-state index >= 15 is 0 Å². The number of morpholine rings is 1. The number of ether oxygens (including phenoxy) is 1. The highest BCUT2D eigenvalue weighted by molar-refractivity contribution is 7.18. The zero-order valence-electron chi connectivity index (χ0n) is 11.2. The second-order valence-electron chi connectivity index (χ2n) is 4.61. The summed E-state index contributed by atoms with van der Waals surface area (Å²) in [6.45, 7) is 3.37. The molecule has 6 nitrogen and oxygen atoms in total. The van der Waals surface area contributed by atoms with Crippen molar-refractivity contribution in [2.24, 2.45) is 0 Å². The molecule has 1 fully saturated rings. The average molecular weight is 284 g/mol. The molecule has 1 aliphatic rings. The molecule has 1 aromatic heterocycles. The zero-order chi connectivity index (χ0) is 13.8. The number of amides is 1. The molecular formula is C12H20N4O2S. The van der Waals surface area contributed by atoms with E-state index in [0.29, 0.717) is 10.6 Å². The molecule has 1 unspecified atom stereocenters. The van der Waals surface area contributed by atoms with Crippen molar-refractivity contribution in [3.8, 4) is 0 Å². The molecule has 0 saturated carbocycles. The number of anilines is 2. The molecule has 0 aliphatic carbocycles. The van der Waals surface area contributed by atoms with E-state index in [2.05, 4.69) is 22.6 Å². The molecular weight excluding hydrogens is 264 g/mol. The molecule has 2 heterocycles. The van der Waals surface area contributed by atoms with E-state index in [9.17, 15) is 4.79 Å². The number of hydrogen-bond acceptors (Lipinski definition) is 6. The molecule has 0 radical (unpaired) electrons. The fourth-order valence-electron chi connectivity index (χ4n) is 1.99. The largest absolute Gasteiger partial charge is 0.397 e. The number of nitrogens with one attached hydrogen (secondary N) is 2. The molecule has 1 saturated heterocycles. The number of carbonyl (C=O) groups is 1. The maximum absolute atomic E-state index is 11.6. The molecule has 0 spiro atoms. The summed E-state index contributed by atoms with van der Waals surface area (Å²) in [5, 5.41) is 6.76. The number of thiophene rings is 1. The monoisotopic (exact) mass is 284 g/mol. The van der Waals surface area contributed by atoms with Crippen LogP contribution in [0.1, 0.15) is 9.67 Å². The third-order valence-corrected chi connectivity index (χ3v) is 4.15.